The van der Waals surface area contributed by atoms with Gasteiger partial charge in [0.05, 0.1) is 18.3 Å². The van der Waals surface area contributed by atoms with E-state index in [-0.39, 0.29) is 17.0 Å². The molecule has 0 aliphatic carbocycles. The average molecular weight is 460 g/mol. The van der Waals surface area contributed by atoms with E-state index in [1.54, 1.807) is 35.9 Å². The molecular formula is C26H29N5O3. The molecule has 2 heterocycles. The molecule has 0 spiro atoms. The lowest BCUT2D eigenvalue weighted by Crippen LogP contribution is -2.49. The van der Waals surface area contributed by atoms with E-state index in [4.69, 9.17) is 4.74 Å². The van der Waals surface area contributed by atoms with E-state index in [1.165, 1.54) is 0 Å². The van der Waals surface area contributed by atoms with Gasteiger partial charge in [0.1, 0.15) is 17.4 Å². The van der Waals surface area contributed by atoms with Gasteiger partial charge in [-0.1, -0.05) is 18.2 Å². The second-order valence-corrected chi connectivity index (χ2v) is 8.62. The maximum absolute atomic E-state index is 13.3. The number of carbonyl (C=O) groups is 1. The Morgan fingerprint density at radius 2 is 1.74 bits per heavy atom. The number of ether oxygens (including phenoxy) is 1. The monoisotopic (exact) mass is 459 g/mol. The highest BCUT2D eigenvalue weighted by Gasteiger charge is 2.27. The number of pyridine rings is 1. The first-order chi connectivity index (χ1) is 16.4. The summed E-state index contributed by atoms with van der Waals surface area (Å²) in [5.41, 5.74) is 1.99. The molecule has 1 aliphatic heterocycles. The number of carbonyl (C=O) groups excluding carboxylic acids is 1. The number of methoxy groups -OCH3 is 1. The minimum atomic E-state index is -0.269. The Balaban J connectivity index is 1.62. The fraction of sp³-hybridized carbons (Fsp3) is 0.346. The van der Waals surface area contributed by atoms with Crippen LogP contribution in [0.15, 0.2) is 53.3 Å². The van der Waals surface area contributed by atoms with Crippen molar-refractivity contribution in [2.24, 2.45) is 0 Å². The van der Waals surface area contributed by atoms with E-state index in [0.717, 1.165) is 10.9 Å². The van der Waals surface area contributed by atoms with Crippen molar-refractivity contribution in [2.45, 2.75) is 6.54 Å². The van der Waals surface area contributed by atoms with Crippen LogP contribution in [0.4, 0.5) is 5.69 Å². The summed E-state index contributed by atoms with van der Waals surface area (Å²) in [6.07, 6.45) is 0. The molecule has 0 atom stereocenters. The van der Waals surface area contributed by atoms with Crippen molar-refractivity contribution >= 4 is 22.5 Å². The first-order valence-corrected chi connectivity index (χ1v) is 11.3. The lowest BCUT2D eigenvalue weighted by Gasteiger charge is -2.37. The Hall–Kier alpha value is -3.83. The zero-order chi connectivity index (χ0) is 24.2. The second-order valence-electron chi connectivity index (χ2n) is 8.62. The molecule has 0 N–H and O–H groups in total. The fourth-order valence-electron chi connectivity index (χ4n) is 4.39. The average Bonchev–Trinajstić information content (AvgIpc) is 2.87. The van der Waals surface area contributed by atoms with Gasteiger partial charge in [0, 0.05) is 50.2 Å². The maximum atomic E-state index is 13.3. The van der Waals surface area contributed by atoms with E-state index in [2.05, 4.69) is 11.0 Å². The Morgan fingerprint density at radius 1 is 1.06 bits per heavy atom. The zero-order valence-electron chi connectivity index (χ0n) is 19.8. The summed E-state index contributed by atoms with van der Waals surface area (Å²) in [7, 11) is 5.51. The quantitative estimate of drug-likeness (QED) is 0.563. The zero-order valence-corrected chi connectivity index (χ0v) is 19.8. The standard InChI is InChI=1S/C26H29N5O3/c1-28(2)12-17-31-23-7-5-4-6-21(23)24(22(18-27)26(31)33)29-13-15-30(16-14-29)25(32)19-8-10-20(34-3)11-9-19/h4-11H,12-17H2,1-3H3. The van der Waals surface area contributed by atoms with Crippen molar-refractivity contribution in [3.63, 3.8) is 0 Å². The summed E-state index contributed by atoms with van der Waals surface area (Å²) in [6.45, 7) is 3.30. The number of amides is 1. The van der Waals surface area contributed by atoms with Crippen LogP contribution >= 0.6 is 0 Å². The number of anilines is 1. The number of nitriles is 1. The van der Waals surface area contributed by atoms with Crippen molar-refractivity contribution in [1.82, 2.24) is 14.4 Å². The number of rotatable bonds is 6. The van der Waals surface area contributed by atoms with Gasteiger partial charge in [-0.25, -0.2) is 0 Å². The van der Waals surface area contributed by atoms with Crippen LogP contribution in [-0.2, 0) is 6.54 Å². The van der Waals surface area contributed by atoms with E-state index < -0.39 is 0 Å². The first-order valence-electron chi connectivity index (χ1n) is 11.3. The highest BCUT2D eigenvalue weighted by atomic mass is 16.5. The molecule has 0 bridgehead atoms. The number of likely N-dealkylation sites (N-methyl/N-ethyl adjacent to an activating group) is 1. The highest BCUT2D eigenvalue weighted by molar-refractivity contribution is 5.96. The van der Waals surface area contributed by atoms with Crippen LogP contribution in [0.1, 0.15) is 15.9 Å². The molecule has 176 valence electrons. The van der Waals surface area contributed by atoms with E-state index in [0.29, 0.717) is 56.3 Å². The predicted octanol–water partition coefficient (Wildman–Crippen LogP) is 2.41. The van der Waals surface area contributed by atoms with Gasteiger partial charge in [-0.2, -0.15) is 5.26 Å². The Kier molecular flexibility index (Phi) is 6.85. The minimum Gasteiger partial charge on any atom is -0.497 e. The molecule has 8 heteroatoms. The normalized spacial score (nSPS) is 13.9. The van der Waals surface area contributed by atoms with E-state index >= 15 is 0 Å². The van der Waals surface area contributed by atoms with Crippen molar-refractivity contribution in [3.8, 4) is 11.8 Å². The van der Waals surface area contributed by atoms with Gasteiger partial charge < -0.3 is 24.0 Å². The molecule has 0 saturated carbocycles. The molecule has 2 aromatic carbocycles. The molecule has 34 heavy (non-hydrogen) atoms. The first kappa shape index (κ1) is 23.3. The second kappa shape index (κ2) is 9.98. The van der Waals surface area contributed by atoms with Crippen LogP contribution in [0.3, 0.4) is 0 Å². The largest absolute Gasteiger partial charge is 0.497 e. The molecule has 1 aliphatic rings. The minimum absolute atomic E-state index is 0.0354. The van der Waals surface area contributed by atoms with Gasteiger partial charge in [-0.3, -0.25) is 9.59 Å². The number of hydrogen-bond donors (Lipinski definition) is 0. The summed E-state index contributed by atoms with van der Waals surface area (Å²) in [6, 6.07) is 17.0. The van der Waals surface area contributed by atoms with E-state index in [9.17, 15) is 14.9 Å². The molecule has 4 rings (SSSR count). The summed E-state index contributed by atoms with van der Waals surface area (Å²) < 4.78 is 6.87. The van der Waals surface area contributed by atoms with Gasteiger partial charge in [0.25, 0.3) is 11.5 Å². The van der Waals surface area contributed by atoms with Crippen LogP contribution in [-0.4, -0.2) is 74.2 Å². The third kappa shape index (κ3) is 4.47. The third-order valence-electron chi connectivity index (χ3n) is 6.25. The Morgan fingerprint density at radius 3 is 2.35 bits per heavy atom. The Labute approximate surface area is 199 Å². The van der Waals surface area contributed by atoms with Gasteiger partial charge in [-0.15, -0.1) is 0 Å². The van der Waals surface area contributed by atoms with Crippen LogP contribution in [0, 0.1) is 11.3 Å². The van der Waals surface area contributed by atoms with E-state index in [1.807, 2.05) is 48.2 Å². The summed E-state index contributed by atoms with van der Waals surface area (Å²) in [4.78, 5) is 32.2. The molecule has 1 fully saturated rings. The molecular weight excluding hydrogens is 430 g/mol. The fourth-order valence-corrected chi connectivity index (χ4v) is 4.39. The van der Waals surface area contributed by atoms with Gasteiger partial charge in [0.15, 0.2) is 0 Å². The smallest absolute Gasteiger partial charge is 0.271 e. The lowest BCUT2D eigenvalue weighted by atomic mass is 10.1. The summed E-state index contributed by atoms with van der Waals surface area (Å²) >= 11 is 0. The highest BCUT2D eigenvalue weighted by Crippen LogP contribution is 2.30. The van der Waals surface area contributed by atoms with Crippen LogP contribution in [0.25, 0.3) is 10.9 Å². The van der Waals surface area contributed by atoms with Crippen molar-refractivity contribution < 1.29 is 9.53 Å². The van der Waals surface area contributed by atoms with Gasteiger partial charge >= 0.3 is 0 Å². The molecule has 8 nitrogen and oxygen atoms in total. The van der Waals surface area contributed by atoms with Crippen molar-refractivity contribution in [1.29, 1.82) is 5.26 Å². The number of hydrogen-bond acceptors (Lipinski definition) is 6. The SMILES string of the molecule is COc1ccc(C(=O)N2CCN(c3c(C#N)c(=O)n(CCN(C)C)c4ccccc34)CC2)cc1. The number of para-hydroxylation sites is 1. The van der Waals surface area contributed by atoms with Crippen LogP contribution in [0.2, 0.25) is 0 Å². The number of nitrogens with zero attached hydrogens (tertiary/aromatic N) is 5. The van der Waals surface area contributed by atoms with Crippen molar-refractivity contribution in [3.05, 3.63) is 70.0 Å². The maximum Gasteiger partial charge on any atom is 0.271 e. The molecule has 0 unspecified atom stereocenters. The summed E-state index contributed by atoms with van der Waals surface area (Å²) in [5.74, 6) is 0.671. The number of piperazine rings is 1. The molecule has 1 saturated heterocycles. The number of benzene rings is 2. The van der Waals surface area contributed by atoms with Crippen LogP contribution < -0.4 is 15.2 Å². The number of fused-ring (bicyclic) bond motifs is 1. The molecule has 0 radical (unpaired) electrons. The topological polar surface area (TPSA) is 81.8 Å². The predicted molar refractivity (Wildman–Crippen MR) is 133 cm³/mol. The molecule has 3 aromatic rings. The third-order valence-corrected chi connectivity index (χ3v) is 6.25. The van der Waals surface area contributed by atoms with Gasteiger partial charge in [-0.05, 0) is 44.4 Å². The van der Waals surface area contributed by atoms with Gasteiger partial charge in [0.2, 0.25) is 0 Å². The lowest BCUT2D eigenvalue weighted by molar-refractivity contribution is 0.0747. The molecule has 1 amide bonds. The summed E-state index contributed by atoms with van der Waals surface area (Å²) in [5, 5.41) is 10.8. The Bertz CT molecular complexity index is 1280. The number of aromatic nitrogens is 1. The van der Waals surface area contributed by atoms with Crippen molar-refractivity contribution in [2.75, 3.05) is 58.8 Å². The molecule has 1 aromatic heterocycles. The van der Waals surface area contributed by atoms with Crippen LogP contribution in [0.5, 0.6) is 5.75 Å².